The van der Waals surface area contributed by atoms with Crippen molar-refractivity contribution in [3.63, 3.8) is 0 Å². The van der Waals surface area contributed by atoms with Crippen LogP contribution in [0.15, 0.2) is 36.5 Å². The second kappa shape index (κ2) is 5.71. The van der Waals surface area contributed by atoms with Gasteiger partial charge in [0.2, 0.25) is 0 Å². The lowest BCUT2D eigenvalue weighted by molar-refractivity contribution is 0.0467. The van der Waals surface area contributed by atoms with Crippen LogP contribution in [0.3, 0.4) is 0 Å². The fourth-order valence-electron chi connectivity index (χ4n) is 1.54. The van der Waals surface area contributed by atoms with Crippen molar-refractivity contribution in [2.24, 2.45) is 0 Å². The van der Waals surface area contributed by atoms with Gasteiger partial charge in [-0.2, -0.15) is 0 Å². The number of halogens is 1. The molecule has 0 spiro atoms. The summed E-state index contributed by atoms with van der Waals surface area (Å²) in [7, 11) is 0. The van der Waals surface area contributed by atoms with E-state index in [0.29, 0.717) is 16.3 Å². The summed E-state index contributed by atoms with van der Waals surface area (Å²) in [6.45, 7) is 2.05. The van der Waals surface area contributed by atoms with Crippen molar-refractivity contribution >= 4 is 23.3 Å². The molecule has 0 amide bonds. The number of benzene rings is 1. The number of pyridine rings is 1. The minimum absolute atomic E-state index is 0.132. The molecular weight excluding hydrogens is 264 g/mol. The summed E-state index contributed by atoms with van der Waals surface area (Å²) in [5, 5.41) is 0.337. The number of rotatable bonds is 3. The zero-order valence-electron chi connectivity index (χ0n) is 10.4. The summed E-state index contributed by atoms with van der Waals surface area (Å²) in [6.07, 6.45) is 1.66. The highest BCUT2D eigenvalue weighted by Gasteiger charge is 2.10. The smallest absolute Gasteiger partial charge is 0.338 e. The molecule has 0 bridgehead atoms. The second-order valence-corrected chi connectivity index (χ2v) is 4.49. The van der Waals surface area contributed by atoms with Gasteiger partial charge >= 0.3 is 5.97 Å². The van der Waals surface area contributed by atoms with Gasteiger partial charge in [0.05, 0.1) is 22.0 Å². The van der Waals surface area contributed by atoms with E-state index in [2.05, 4.69) is 4.98 Å². The molecule has 0 unspecified atom stereocenters. The first-order valence-corrected chi connectivity index (χ1v) is 6.08. The van der Waals surface area contributed by atoms with E-state index in [1.807, 2.05) is 19.1 Å². The first-order chi connectivity index (χ1) is 9.08. The molecule has 0 saturated carbocycles. The van der Waals surface area contributed by atoms with Gasteiger partial charge in [0.1, 0.15) is 6.61 Å². The number of carbonyl (C=O) groups excluding carboxylic acids is 1. The monoisotopic (exact) mass is 276 g/mol. The third-order valence-corrected chi connectivity index (χ3v) is 3.02. The van der Waals surface area contributed by atoms with Crippen LogP contribution in [0.25, 0.3) is 0 Å². The molecule has 0 saturated heterocycles. The van der Waals surface area contributed by atoms with Crippen LogP contribution in [-0.2, 0) is 11.3 Å². The van der Waals surface area contributed by atoms with Gasteiger partial charge < -0.3 is 10.5 Å². The van der Waals surface area contributed by atoms with E-state index in [0.717, 1.165) is 11.3 Å². The summed E-state index contributed by atoms with van der Waals surface area (Å²) in [6, 6.07) is 8.39. The van der Waals surface area contributed by atoms with Crippen LogP contribution >= 0.6 is 11.6 Å². The third kappa shape index (κ3) is 3.23. The van der Waals surface area contributed by atoms with Gasteiger partial charge in [-0.05, 0) is 36.8 Å². The van der Waals surface area contributed by atoms with Crippen LogP contribution in [0, 0.1) is 6.92 Å². The summed E-state index contributed by atoms with van der Waals surface area (Å²) in [4.78, 5) is 16.0. The molecule has 0 atom stereocenters. The molecule has 19 heavy (non-hydrogen) atoms. The third-order valence-electron chi connectivity index (χ3n) is 2.69. The number of ether oxygens (including phenoxy) is 1. The van der Waals surface area contributed by atoms with Gasteiger partial charge in [-0.3, -0.25) is 4.98 Å². The number of anilines is 1. The predicted octanol–water partition coefficient (Wildman–Crippen LogP) is 2.98. The summed E-state index contributed by atoms with van der Waals surface area (Å²) in [5.74, 6) is -0.452. The highest BCUT2D eigenvalue weighted by Crippen LogP contribution is 2.20. The molecule has 5 heteroatoms. The average Bonchev–Trinajstić information content (AvgIpc) is 2.40. The lowest BCUT2D eigenvalue weighted by Gasteiger charge is -2.07. The number of aryl methyl sites for hydroxylation is 1. The molecule has 0 fully saturated rings. The van der Waals surface area contributed by atoms with Crippen molar-refractivity contribution in [2.75, 3.05) is 5.73 Å². The number of nitrogens with zero attached hydrogens (tertiary/aromatic N) is 1. The standard InChI is InChI=1S/C14H13ClN2O2/c1-9-3-2-6-17-13(9)8-19-14(18)10-4-5-12(16)11(15)7-10/h2-7H,8,16H2,1H3. The Morgan fingerprint density at radius 1 is 1.42 bits per heavy atom. The summed E-state index contributed by atoms with van der Waals surface area (Å²) < 4.78 is 5.19. The van der Waals surface area contributed by atoms with E-state index in [9.17, 15) is 4.79 Å². The molecular formula is C14H13ClN2O2. The number of esters is 1. The van der Waals surface area contributed by atoms with Crippen molar-refractivity contribution < 1.29 is 9.53 Å². The van der Waals surface area contributed by atoms with Gasteiger partial charge in [0.15, 0.2) is 0 Å². The van der Waals surface area contributed by atoms with Crippen LogP contribution in [-0.4, -0.2) is 11.0 Å². The largest absolute Gasteiger partial charge is 0.456 e. The van der Waals surface area contributed by atoms with Gasteiger partial charge in [-0.15, -0.1) is 0 Å². The highest BCUT2D eigenvalue weighted by molar-refractivity contribution is 6.33. The van der Waals surface area contributed by atoms with Crippen LogP contribution in [0.4, 0.5) is 5.69 Å². The molecule has 0 aliphatic heterocycles. The van der Waals surface area contributed by atoms with Gasteiger partial charge in [0.25, 0.3) is 0 Å². The summed E-state index contributed by atoms with van der Waals surface area (Å²) in [5.41, 5.74) is 8.09. The van der Waals surface area contributed by atoms with Crippen molar-refractivity contribution in [1.82, 2.24) is 4.98 Å². The van der Waals surface area contributed by atoms with Crippen LogP contribution in [0.2, 0.25) is 5.02 Å². The van der Waals surface area contributed by atoms with Crippen molar-refractivity contribution in [3.8, 4) is 0 Å². The Morgan fingerprint density at radius 3 is 2.89 bits per heavy atom. The molecule has 1 aromatic carbocycles. The van der Waals surface area contributed by atoms with E-state index < -0.39 is 5.97 Å². The Kier molecular flexibility index (Phi) is 4.02. The minimum atomic E-state index is -0.452. The van der Waals surface area contributed by atoms with Crippen LogP contribution < -0.4 is 5.73 Å². The minimum Gasteiger partial charge on any atom is -0.456 e. The molecule has 2 N–H and O–H groups in total. The Labute approximate surface area is 116 Å². The van der Waals surface area contributed by atoms with E-state index in [1.165, 1.54) is 6.07 Å². The van der Waals surface area contributed by atoms with E-state index >= 15 is 0 Å². The number of carbonyl (C=O) groups is 1. The SMILES string of the molecule is Cc1cccnc1COC(=O)c1ccc(N)c(Cl)c1. The molecule has 98 valence electrons. The first-order valence-electron chi connectivity index (χ1n) is 5.70. The highest BCUT2D eigenvalue weighted by atomic mass is 35.5. The Balaban J connectivity index is 2.05. The Bertz CT molecular complexity index is 614. The molecule has 0 radical (unpaired) electrons. The molecule has 0 aliphatic rings. The number of nitrogen functional groups attached to an aromatic ring is 1. The molecule has 0 aliphatic carbocycles. The molecule has 1 heterocycles. The maximum absolute atomic E-state index is 11.8. The topological polar surface area (TPSA) is 65.2 Å². The van der Waals surface area contributed by atoms with Crippen LogP contribution in [0.5, 0.6) is 0 Å². The lowest BCUT2D eigenvalue weighted by atomic mass is 10.2. The Hall–Kier alpha value is -2.07. The Morgan fingerprint density at radius 2 is 2.21 bits per heavy atom. The van der Waals surface area contributed by atoms with E-state index in [4.69, 9.17) is 22.1 Å². The average molecular weight is 277 g/mol. The van der Waals surface area contributed by atoms with Gasteiger partial charge in [-0.1, -0.05) is 17.7 Å². The normalized spacial score (nSPS) is 10.2. The number of aromatic nitrogens is 1. The van der Waals surface area contributed by atoms with E-state index in [-0.39, 0.29) is 6.61 Å². The number of hydrogen-bond acceptors (Lipinski definition) is 4. The fourth-order valence-corrected chi connectivity index (χ4v) is 1.72. The second-order valence-electron chi connectivity index (χ2n) is 4.08. The number of hydrogen-bond donors (Lipinski definition) is 1. The first kappa shape index (κ1) is 13.4. The molecule has 1 aromatic heterocycles. The zero-order valence-corrected chi connectivity index (χ0v) is 11.1. The zero-order chi connectivity index (χ0) is 13.8. The summed E-state index contributed by atoms with van der Waals surface area (Å²) >= 11 is 5.86. The molecule has 4 nitrogen and oxygen atoms in total. The molecule has 2 aromatic rings. The number of nitrogens with two attached hydrogens (primary N) is 1. The van der Waals surface area contributed by atoms with Crippen molar-refractivity contribution in [1.29, 1.82) is 0 Å². The van der Waals surface area contributed by atoms with Crippen molar-refractivity contribution in [3.05, 3.63) is 58.4 Å². The maximum atomic E-state index is 11.8. The fraction of sp³-hybridized carbons (Fsp3) is 0.143. The van der Waals surface area contributed by atoms with E-state index in [1.54, 1.807) is 18.3 Å². The molecule has 2 rings (SSSR count). The quantitative estimate of drug-likeness (QED) is 0.691. The predicted molar refractivity (Wildman–Crippen MR) is 74.0 cm³/mol. The van der Waals surface area contributed by atoms with Gasteiger partial charge in [0, 0.05) is 6.20 Å². The van der Waals surface area contributed by atoms with Crippen LogP contribution in [0.1, 0.15) is 21.6 Å². The van der Waals surface area contributed by atoms with Crippen molar-refractivity contribution in [2.45, 2.75) is 13.5 Å². The maximum Gasteiger partial charge on any atom is 0.338 e. The lowest BCUT2D eigenvalue weighted by Crippen LogP contribution is -2.07. The van der Waals surface area contributed by atoms with Gasteiger partial charge in [-0.25, -0.2) is 4.79 Å².